The van der Waals surface area contributed by atoms with E-state index in [1.807, 2.05) is 27.7 Å². The van der Waals surface area contributed by atoms with E-state index in [0.29, 0.717) is 97.2 Å². The Balaban J connectivity index is 1.24. The summed E-state index contributed by atoms with van der Waals surface area (Å²) in [6.45, 7) is 14.1. The summed E-state index contributed by atoms with van der Waals surface area (Å²) in [5, 5.41) is 15.4. The van der Waals surface area contributed by atoms with Crippen molar-refractivity contribution in [1.82, 2.24) is 26.4 Å². The van der Waals surface area contributed by atoms with Crippen LogP contribution in [0.15, 0.2) is 65.8 Å². The van der Waals surface area contributed by atoms with Crippen molar-refractivity contribution in [3.63, 3.8) is 0 Å². The zero-order valence-electron chi connectivity index (χ0n) is 37.9. The van der Waals surface area contributed by atoms with Gasteiger partial charge < -0.3 is 41.4 Å². The smallest absolute Gasteiger partial charge is 0.410 e. The molecule has 0 radical (unpaired) electrons. The Morgan fingerprint density at radius 3 is 2.05 bits per heavy atom. The molecule has 1 heterocycles. The quantitative estimate of drug-likeness (QED) is 0.0457. The van der Waals surface area contributed by atoms with Gasteiger partial charge in [0.2, 0.25) is 11.8 Å². The SMILES string of the molecule is Cc1cc(C(=O)NC2CCN(C(=O)OC(C)(C)C)CC2)ccc1-c1ccc(C[C@H](NC(=O)C2CCC(CNC(=O)OC(C)(C)C)CC2)C(=O)Nc2ccc(/C(N)=N/NN)cc2)cc1F. The van der Waals surface area contributed by atoms with Crippen molar-refractivity contribution in [2.75, 3.05) is 25.0 Å². The molecule has 16 nitrogen and oxygen atoms in total. The molecule has 0 spiro atoms. The number of hydrazine groups is 1. The molecule has 3 aromatic rings. The first-order valence-corrected chi connectivity index (χ1v) is 21.8. The van der Waals surface area contributed by atoms with E-state index in [0.717, 1.165) is 0 Å². The van der Waals surface area contributed by atoms with Gasteiger partial charge >= 0.3 is 12.2 Å². The summed E-state index contributed by atoms with van der Waals surface area (Å²) in [6, 6.07) is 15.2. The summed E-state index contributed by atoms with van der Waals surface area (Å²) in [5.41, 5.74) is 10.4. The summed E-state index contributed by atoms with van der Waals surface area (Å²) < 4.78 is 26.9. The van der Waals surface area contributed by atoms with Crippen LogP contribution in [0.1, 0.15) is 107 Å². The van der Waals surface area contributed by atoms with Crippen LogP contribution in [0.25, 0.3) is 11.1 Å². The van der Waals surface area contributed by atoms with Crippen LogP contribution in [0, 0.1) is 24.6 Å². The molecule has 2 fully saturated rings. The molecule has 1 aliphatic heterocycles. The van der Waals surface area contributed by atoms with Crippen molar-refractivity contribution < 1.29 is 37.8 Å². The number of anilines is 1. The lowest BCUT2D eigenvalue weighted by Crippen LogP contribution is -2.48. The fraction of sp³-hybridized carbons (Fsp3) is 0.489. The van der Waals surface area contributed by atoms with Gasteiger partial charge in [0.15, 0.2) is 5.84 Å². The first kappa shape index (κ1) is 48.8. The molecule has 5 amide bonds. The highest BCUT2D eigenvalue weighted by molar-refractivity contribution is 6.00. The second-order valence-electron chi connectivity index (χ2n) is 18.6. The number of carbonyl (C=O) groups excluding carboxylic acids is 5. The van der Waals surface area contributed by atoms with Crippen LogP contribution >= 0.6 is 0 Å². The summed E-state index contributed by atoms with van der Waals surface area (Å²) >= 11 is 0. The lowest BCUT2D eigenvalue weighted by Gasteiger charge is -2.33. The molecule has 1 saturated heterocycles. The molecule has 1 saturated carbocycles. The summed E-state index contributed by atoms with van der Waals surface area (Å²) in [4.78, 5) is 67.1. The number of nitrogens with one attached hydrogen (secondary N) is 5. The Morgan fingerprint density at radius 1 is 0.828 bits per heavy atom. The second-order valence-corrected chi connectivity index (χ2v) is 18.6. The van der Waals surface area contributed by atoms with Gasteiger partial charge in [0.1, 0.15) is 23.1 Å². The molecule has 2 aliphatic rings. The normalized spacial score (nSPS) is 17.7. The van der Waals surface area contributed by atoms with Gasteiger partial charge in [0.25, 0.3) is 5.91 Å². The van der Waals surface area contributed by atoms with Gasteiger partial charge in [0, 0.05) is 60.4 Å². The molecule has 64 heavy (non-hydrogen) atoms. The third kappa shape index (κ3) is 14.4. The van der Waals surface area contributed by atoms with E-state index in [2.05, 4.69) is 31.9 Å². The number of nitrogens with zero attached hydrogens (tertiary/aromatic N) is 2. The Morgan fingerprint density at radius 2 is 1.45 bits per heavy atom. The van der Waals surface area contributed by atoms with Gasteiger partial charge in [-0.2, -0.15) is 0 Å². The van der Waals surface area contributed by atoms with Gasteiger partial charge in [-0.1, -0.05) is 18.2 Å². The maximum Gasteiger partial charge on any atom is 0.410 e. The van der Waals surface area contributed by atoms with Gasteiger partial charge in [-0.05, 0) is 152 Å². The number of ether oxygens (including phenoxy) is 2. The predicted molar refractivity (Wildman–Crippen MR) is 243 cm³/mol. The van der Waals surface area contributed by atoms with Crippen molar-refractivity contribution >= 4 is 41.4 Å². The first-order valence-electron chi connectivity index (χ1n) is 21.8. The highest BCUT2D eigenvalue weighted by Crippen LogP contribution is 2.31. The predicted octanol–water partition coefficient (Wildman–Crippen LogP) is 6.01. The Labute approximate surface area is 374 Å². The molecular weight excluding hydrogens is 822 g/mol. The van der Waals surface area contributed by atoms with E-state index < -0.39 is 35.1 Å². The average molecular weight is 886 g/mol. The number of alkyl carbamates (subject to hydrolysis) is 1. The van der Waals surface area contributed by atoms with Crippen molar-refractivity contribution in [1.29, 1.82) is 0 Å². The topological polar surface area (TPSA) is 232 Å². The van der Waals surface area contributed by atoms with Crippen molar-refractivity contribution in [3.8, 4) is 11.1 Å². The number of piperidine rings is 1. The van der Waals surface area contributed by atoms with Crippen molar-refractivity contribution in [2.24, 2.45) is 28.5 Å². The van der Waals surface area contributed by atoms with Crippen LogP contribution in [0.2, 0.25) is 0 Å². The number of aryl methyl sites for hydroxylation is 1. The van der Waals surface area contributed by atoms with Crippen molar-refractivity contribution in [3.05, 3.63) is 88.7 Å². The first-order chi connectivity index (χ1) is 30.2. The van der Waals surface area contributed by atoms with E-state index in [9.17, 15) is 24.0 Å². The van der Waals surface area contributed by atoms with E-state index in [4.69, 9.17) is 21.1 Å². The number of hydrazone groups is 1. The molecular formula is C47H64FN9O7. The molecule has 1 atom stereocenters. The lowest BCUT2D eigenvalue weighted by molar-refractivity contribution is -0.130. The van der Waals surface area contributed by atoms with Crippen LogP contribution in [-0.4, -0.2) is 83.6 Å². The van der Waals surface area contributed by atoms with Crippen LogP contribution in [0.5, 0.6) is 0 Å². The Hall–Kier alpha value is -6.23. The van der Waals surface area contributed by atoms with Crippen LogP contribution in [-0.2, 0) is 25.5 Å². The molecule has 5 rings (SSSR count). The van der Waals surface area contributed by atoms with Gasteiger partial charge in [-0.3, -0.25) is 14.4 Å². The number of likely N-dealkylation sites (tertiary alicyclic amines) is 1. The fourth-order valence-electron chi connectivity index (χ4n) is 7.81. The molecule has 0 unspecified atom stereocenters. The number of amides is 5. The molecule has 3 aromatic carbocycles. The van der Waals surface area contributed by atoms with E-state index in [1.165, 1.54) is 6.07 Å². The second kappa shape index (κ2) is 21.4. The summed E-state index contributed by atoms with van der Waals surface area (Å²) in [7, 11) is 0. The van der Waals surface area contributed by atoms with Gasteiger partial charge in [-0.15, -0.1) is 5.10 Å². The monoisotopic (exact) mass is 885 g/mol. The van der Waals surface area contributed by atoms with E-state index >= 15 is 4.39 Å². The minimum absolute atomic E-state index is 0.00141. The minimum Gasteiger partial charge on any atom is -0.444 e. The highest BCUT2D eigenvalue weighted by atomic mass is 19.1. The number of hydrogen-bond acceptors (Lipinski definition) is 10. The molecule has 346 valence electrons. The minimum atomic E-state index is -1.05. The molecule has 0 aromatic heterocycles. The summed E-state index contributed by atoms with van der Waals surface area (Å²) in [6.07, 6.45) is 2.89. The third-order valence-electron chi connectivity index (χ3n) is 11.2. The molecule has 9 N–H and O–H groups in total. The lowest BCUT2D eigenvalue weighted by atomic mass is 9.81. The zero-order chi connectivity index (χ0) is 46.8. The van der Waals surface area contributed by atoms with E-state index in [-0.39, 0.29) is 48.0 Å². The number of benzene rings is 3. The number of hydrogen-bond donors (Lipinski definition) is 7. The number of rotatable bonds is 13. The highest BCUT2D eigenvalue weighted by Gasteiger charge is 2.31. The Bertz CT molecular complexity index is 2170. The average Bonchev–Trinajstić information content (AvgIpc) is 3.22. The summed E-state index contributed by atoms with van der Waals surface area (Å²) in [5.74, 6) is 3.65. The number of carbonyl (C=O) groups is 5. The number of nitrogens with two attached hydrogens (primary N) is 2. The van der Waals surface area contributed by atoms with Crippen LogP contribution in [0.4, 0.5) is 19.7 Å². The van der Waals surface area contributed by atoms with E-state index in [1.54, 1.807) is 80.3 Å². The van der Waals surface area contributed by atoms with Crippen LogP contribution < -0.4 is 38.4 Å². The fourth-order valence-corrected chi connectivity index (χ4v) is 7.81. The van der Waals surface area contributed by atoms with Crippen LogP contribution in [0.3, 0.4) is 0 Å². The van der Waals surface area contributed by atoms with Crippen molar-refractivity contribution in [2.45, 2.75) is 117 Å². The maximum atomic E-state index is 16.0. The Kier molecular flexibility index (Phi) is 16.3. The molecule has 0 bridgehead atoms. The zero-order valence-corrected chi connectivity index (χ0v) is 37.9. The largest absolute Gasteiger partial charge is 0.444 e. The van der Waals surface area contributed by atoms with Gasteiger partial charge in [0.05, 0.1) is 0 Å². The maximum absolute atomic E-state index is 16.0. The third-order valence-corrected chi connectivity index (χ3v) is 11.2. The molecule has 1 aliphatic carbocycles. The number of amidine groups is 1. The van der Waals surface area contributed by atoms with Gasteiger partial charge in [-0.25, -0.2) is 25.4 Å². The molecule has 17 heteroatoms. The number of halogens is 1. The standard InChI is InChI=1S/C47H64FN9O7/c1-28-24-33(42(59)52-35-20-22-57(23-21-35)45(62)64-47(5,6)7)15-19-36(28)37-18-10-30(25-38(37)48)26-39(43(60)53-34-16-13-31(14-17-34)40(49)55-56-50)54-41(58)32-11-8-29(9-12-32)27-51-44(61)63-46(2,3)4/h10,13-19,24-25,29,32,35,39,56H,8-9,11-12,20-23,26-27,50H2,1-7H3,(H2,49,55)(H,51,61)(H,52,59)(H,53,60)(H,54,58)/t29?,32?,39-/m0/s1.